The number of hydrogen-bond acceptors (Lipinski definition) is 2. The van der Waals surface area contributed by atoms with Crippen molar-refractivity contribution in [2.75, 3.05) is 20.4 Å². The summed E-state index contributed by atoms with van der Waals surface area (Å²) in [7, 11) is 1.35. The van der Waals surface area contributed by atoms with Crippen LogP contribution in [0.2, 0.25) is 0 Å². The Hall–Kier alpha value is -3.09. The van der Waals surface area contributed by atoms with Crippen LogP contribution in [0.1, 0.15) is 75.3 Å². The summed E-state index contributed by atoms with van der Waals surface area (Å²) in [5.74, 6) is 1.66. The second-order valence-corrected chi connectivity index (χ2v) is 15.7. The Morgan fingerprint density at radius 3 is 1.29 bits per heavy atom. The van der Waals surface area contributed by atoms with Crippen LogP contribution in [0.4, 0.5) is 0 Å². The molecule has 0 fully saturated rings. The van der Waals surface area contributed by atoms with Gasteiger partial charge >= 0.3 is 191 Å². The number of hydrogen-bond donors (Lipinski definition) is 0. The number of rotatable bonds is 18. The van der Waals surface area contributed by atoms with Crippen LogP contribution in [0.25, 0.3) is 0 Å². The third-order valence-electron chi connectivity index (χ3n) is 8.89. The summed E-state index contributed by atoms with van der Waals surface area (Å²) in [4.78, 5) is 0. The van der Waals surface area contributed by atoms with E-state index in [1.165, 1.54) is 97.4 Å². The maximum absolute atomic E-state index is 5.49. The predicted molar refractivity (Wildman–Crippen MR) is 186 cm³/mol. The molecule has 0 aliphatic heterocycles. The van der Waals surface area contributed by atoms with Gasteiger partial charge in [-0.3, -0.25) is 0 Å². The maximum Gasteiger partial charge on any atom is 0.161 e. The fourth-order valence-electron chi connectivity index (χ4n) is 6.51. The van der Waals surface area contributed by atoms with Gasteiger partial charge < -0.3 is 9.47 Å². The van der Waals surface area contributed by atoms with Gasteiger partial charge in [0.1, 0.15) is 0 Å². The molecule has 0 aliphatic carbocycles. The van der Waals surface area contributed by atoms with E-state index in [9.17, 15) is 0 Å². The van der Waals surface area contributed by atoms with E-state index < -0.39 is 7.26 Å². The first-order valence-corrected chi connectivity index (χ1v) is 18.3. The number of unbranched alkanes of at least 4 members (excludes halogenated alkanes) is 9. The van der Waals surface area contributed by atoms with Crippen molar-refractivity contribution in [3.63, 3.8) is 0 Å². The molecule has 0 spiro atoms. The minimum Gasteiger partial charge on any atom is -0.493 e. The second kappa shape index (κ2) is 17.1. The minimum absolute atomic E-state index is 0.823. The van der Waals surface area contributed by atoms with Gasteiger partial charge in [0.15, 0.2) is 11.5 Å². The van der Waals surface area contributed by atoms with Crippen LogP contribution in [0.5, 0.6) is 11.5 Å². The zero-order valence-corrected chi connectivity index (χ0v) is 27.1. The number of ether oxygens (including phenoxy) is 2. The molecule has 0 heterocycles. The molecule has 0 saturated heterocycles. The molecule has 42 heavy (non-hydrogen) atoms. The van der Waals surface area contributed by atoms with Crippen molar-refractivity contribution in [1.82, 2.24) is 0 Å². The predicted octanol–water partition coefficient (Wildman–Crippen LogP) is 9.18. The molecule has 0 N–H and O–H groups in total. The Kier molecular flexibility index (Phi) is 13.0. The molecule has 4 aromatic rings. The van der Waals surface area contributed by atoms with Crippen LogP contribution < -0.4 is 25.4 Å². The van der Waals surface area contributed by atoms with Gasteiger partial charge in [-0.05, 0) is 30.2 Å². The molecule has 3 heteroatoms. The van der Waals surface area contributed by atoms with E-state index in [1.54, 1.807) is 14.2 Å². The van der Waals surface area contributed by atoms with Crippen LogP contribution in [-0.2, 0) is 6.42 Å². The van der Waals surface area contributed by atoms with Gasteiger partial charge in [0, 0.05) is 0 Å². The first-order valence-electron chi connectivity index (χ1n) is 16.1. The van der Waals surface area contributed by atoms with Crippen LogP contribution in [-0.4, -0.2) is 20.4 Å². The number of aryl methyl sites for hydroxylation is 2. The van der Waals surface area contributed by atoms with E-state index in [1.807, 2.05) is 0 Å². The van der Waals surface area contributed by atoms with Crippen LogP contribution >= 0.6 is 7.26 Å². The Morgan fingerprint density at radius 2 is 0.857 bits per heavy atom. The Bertz CT molecular complexity index is 1210. The smallest absolute Gasteiger partial charge is 0.161 e. The van der Waals surface area contributed by atoms with E-state index in [0.29, 0.717) is 0 Å². The van der Waals surface area contributed by atoms with Crippen LogP contribution in [0.3, 0.4) is 0 Å². The average molecular weight is 583 g/mol. The van der Waals surface area contributed by atoms with Crippen molar-refractivity contribution >= 4 is 23.2 Å². The largest absolute Gasteiger partial charge is 0.493 e. The molecule has 0 radical (unpaired) electrons. The SMILES string of the molecule is COc1cc(C)c(CCCCCCCCCCCC[PH](c2ccccc2)(c2ccccc2)c2ccccc2)cc1OC. The molecule has 0 bridgehead atoms. The van der Waals surface area contributed by atoms with Crippen molar-refractivity contribution in [3.05, 3.63) is 114 Å². The van der Waals surface area contributed by atoms with E-state index in [2.05, 4.69) is 110 Å². The molecule has 2 nitrogen and oxygen atoms in total. The monoisotopic (exact) mass is 582 g/mol. The normalized spacial score (nSPS) is 11.8. The van der Waals surface area contributed by atoms with Gasteiger partial charge in [-0.25, -0.2) is 0 Å². The van der Waals surface area contributed by atoms with Gasteiger partial charge in [-0.15, -0.1) is 0 Å². The summed E-state index contributed by atoms with van der Waals surface area (Å²) in [6.07, 6.45) is 15.7. The number of benzene rings is 4. The zero-order valence-electron chi connectivity index (χ0n) is 26.1. The van der Waals surface area contributed by atoms with Crippen LogP contribution in [0.15, 0.2) is 103 Å². The minimum atomic E-state index is -2.07. The summed E-state index contributed by atoms with van der Waals surface area (Å²) in [5, 5.41) is 4.59. The van der Waals surface area contributed by atoms with Crippen molar-refractivity contribution < 1.29 is 9.47 Å². The Labute approximate surface area is 255 Å². The molecular formula is C39H51O2P. The van der Waals surface area contributed by atoms with Crippen molar-refractivity contribution in [2.24, 2.45) is 0 Å². The molecule has 0 atom stereocenters. The Morgan fingerprint density at radius 1 is 0.476 bits per heavy atom. The van der Waals surface area contributed by atoms with Gasteiger partial charge in [-0.1, -0.05) is 0 Å². The first kappa shape index (κ1) is 31.8. The topological polar surface area (TPSA) is 18.5 Å². The quantitative estimate of drug-likeness (QED) is 0.0860. The summed E-state index contributed by atoms with van der Waals surface area (Å²) < 4.78 is 10.9. The van der Waals surface area contributed by atoms with E-state index >= 15 is 0 Å². The molecule has 0 amide bonds. The molecule has 4 rings (SSSR count). The summed E-state index contributed by atoms with van der Waals surface area (Å²) in [6.45, 7) is 2.17. The van der Waals surface area contributed by atoms with E-state index in [-0.39, 0.29) is 0 Å². The van der Waals surface area contributed by atoms with Crippen molar-refractivity contribution in [2.45, 2.75) is 77.6 Å². The third kappa shape index (κ3) is 8.48. The van der Waals surface area contributed by atoms with E-state index in [0.717, 1.165) is 17.9 Å². The first-order chi connectivity index (χ1) is 20.7. The fraction of sp³-hybridized carbons (Fsp3) is 0.385. The van der Waals surface area contributed by atoms with Gasteiger partial charge in [0.2, 0.25) is 0 Å². The molecule has 0 unspecified atom stereocenters. The van der Waals surface area contributed by atoms with Gasteiger partial charge in [0.25, 0.3) is 0 Å². The van der Waals surface area contributed by atoms with E-state index in [4.69, 9.17) is 9.47 Å². The van der Waals surface area contributed by atoms with Crippen LogP contribution in [0, 0.1) is 6.92 Å². The second-order valence-electron chi connectivity index (χ2n) is 11.7. The van der Waals surface area contributed by atoms with Crippen molar-refractivity contribution in [1.29, 1.82) is 0 Å². The summed E-state index contributed by atoms with van der Waals surface area (Å²) >= 11 is 0. The summed E-state index contributed by atoms with van der Waals surface area (Å²) in [5.41, 5.74) is 2.68. The molecule has 0 saturated carbocycles. The molecule has 0 aromatic heterocycles. The van der Waals surface area contributed by atoms with Gasteiger partial charge in [-0.2, -0.15) is 0 Å². The third-order valence-corrected chi connectivity index (χ3v) is 14.0. The Balaban J connectivity index is 1.19. The standard InChI is InChI=1S/C39H51O2P/c1-33-31-38(40-2)39(41-3)32-34(33)23-15-10-8-6-4-5-7-9-11-22-30-42(35-24-16-12-17-25-35,36-26-18-13-19-27-36)37-28-20-14-21-29-37/h12-14,16-21,24-29,31-32,42H,4-11,15,22-23,30H2,1-3H3. The van der Waals surface area contributed by atoms with Gasteiger partial charge in [0.05, 0.1) is 14.2 Å². The molecular weight excluding hydrogens is 531 g/mol. The molecule has 4 aromatic carbocycles. The fourth-order valence-corrected chi connectivity index (χ4v) is 11.4. The summed E-state index contributed by atoms with van der Waals surface area (Å²) in [6, 6.07) is 38.3. The number of methoxy groups -OCH3 is 2. The zero-order chi connectivity index (χ0) is 29.5. The van der Waals surface area contributed by atoms with Crippen molar-refractivity contribution in [3.8, 4) is 11.5 Å². The molecule has 0 aliphatic rings. The maximum atomic E-state index is 5.49. The average Bonchev–Trinajstić information content (AvgIpc) is 3.05. The molecule has 224 valence electrons.